The minimum absolute atomic E-state index is 0.381. The SMILES string of the molecule is CCCCOC(=O)c1cccc(C(=O)OC[C@H](CC)CCCC)c1. The lowest BCUT2D eigenvalue weighted by Crippen LogP contribution is -2.15. The zero-order valence-corrected chi connectivity index (χ0v) is 15.2. The first kappa shape index (κ1) is 20.2. The minimum atomic E-state index is -0.396. The highest BCUT2D eigenvalue weighted by Gasteiger charge is 2.14. The average molecular weight is 334 g/mol. The van der Waals surface area contributed by atoms with Crippen LogP contribution < -0.4 is 0 Å². The lowest BCUT2D eigenvalue weighted by molar-refractivity contribution is 0.0428. The van der Waals surface area contributed by atoms with Crippen molar-refractivity contribution < 1.29 is 19.1 Å². The first-order chi connectivity index (χ1) is 11.6. The molecule has 134 valence electrons. The molecule has 0 bridgehead atoms. The third kappa shape index (κ3) is 7.16. The van der Waals surface area contributed by atoms with Gasteiger partial charge in [-0.1, -0.05) is 52.5 Å². The summed E-state index contributed by atoms with van der Waals surface area (Å²) in [5.74, 6) is -0.378. The van der Waals surface area contributed by atoms with E-state index < -0.39 is 5.97 Å². The molecule has 0 heterocycles. The summed E-state index contributed by atoms with van der Waals surface area (Å²) in [5, 5.41) is 0. The third-order valence-corrected chi connectivity index (χ3v) is 4.06. The van der Waals surface area contributed by atoms with Crippen LogP contribution in [-0.2, 0) is 9.47 Å². The van der Waals surface area contributed by atoms with Crippen LogP contribution in [0.4, 0.5) is 0 Å². The van der Waals surface area contributed by atoms with Crippen molar-refractivity contribution in [3.63, 3.8) is 0 Å². The van der Waals surface area contributed by atoms with Gasteiger partial charge >= 0.3 is 11.9 Å². The van der Waals surface area contributed by atoms with Crippen LogP contribution in [0, 0.1) is 5.92 Å². The van der Waals surface area contributed by atoms with Crippen LogP contribution in [0.1, 0.15) is 80.0 Å². The quantitative estimate of drug-likeness (QED) is 0.421. The maximum atomic E-state index is 12.2. The van der Waals surface area contributed by atoms with Crippen molar-refractivity contribution in [1.29, 1.82) is 0 Å². The predicted molar refractivity (Wildman–Crippen MR) is 95.2 cm³/mol. The summed E-state index contributed by atoms with van der Waals surface area (Å²) in [6.07, 6.45) is 6.17. The summed E-state index contributed by atoms with van der Waals surface area (Å²) < 4.78 is 10.6. The van der Waals surface area contributed by atoms with Crippen LogP contribution >= 0.6 is 0 Å². The molecule has 0 saturated carbocycles. The maximum absolute atomic E-state index is 12.2. The van der Waals surface area contributed by atoms with Crippen molar-refractivity contribution >= 4 is 11.9 Å². The van der Waals surface area contributed by atoms with Gasteiger partial charge in [0.1, 0.15) is 0 Å². The van der Waals surface area contributed by atoms with Crippen LogP contribution in [0.3, 0.4) is 0 Å². The number of esters is 2. The highest BCUT2D eigenvalue weighted by atomic mass is 16.5. The molecule has 0 radical (unpaired) electrons. The lowest BCUT2D eigenvalue weighted by atomic mass is 10.0. The minimum Gasteiger partial charge on any atom is -0.462 e. The van der Waals surface area contributed by atoms with Gasteiger partial charge in [0.05, 0.1) is 24.3 Å². The van der Waals surface area contributed by atoms with Gasteiger partial charge in [0.2, 0.25) is 0 Å². The number of hydrogen-bond donors (Lipinski definition) is 0. The number of hydrogen-bond acceptors (Lipinski definition) is 4. The van der Waals surface area contributed by atoms with Gasteiger partial charge < -0.3 is 9.47 Å². The zero-order chi connectivity index (χ0) is 17.8. The van der Waals surface area contributed by atoms with Crippen LogP contribution in [0.15, 0.2) is 24.3 Å². The average Bonchev–Trinajstić information content (AvgIpc) is 2.62. The Morgan fingerprint density at radius 3 is 2.17 bits per heavy atom. The smallest absolute Gasteiger partial charge is 0.338 e. The first-order valence-corrected chi connectivity index (χ1v) is 9.06. The van der Waals surface area contributed by atoms with Crippen molar-refractivity contribution in [3.8, 4) is 0 Å². The Morgan fingerprint density at radius 2 is 1.58 bits per heavy atom. The number of benzene rings is 1. The van der Waals surface area contributed by atoms with Gasteiger partial charge in [0.15, 0.2) is 0 Å². The summed E-state index contributed by atoms with van der Waals surface area (Å²) in [5.41, 5.74) is 0.781. The van der Waals surface area contributed by atoms with Gasteiger partial charge in [-0.05, 0) is 37.0 Å². The zero-order valence-electron chi connectivity index (χ0n) is 15.2. The van der Waals surface area contributed by atoms with Gasteiger partial charge in [0, 0.05) is 0 Å². The Kier molecular flexibility index (Phi) is 9.81. The summed E-state index contributed by atoms with van der Waals surface area (Å²) in [4.78, 5) is 24.2. The molecule has 0 unspecified atom stereocenters. The second-order valence-electron chi connectivity index (χ2n) is 6.09. The van der Waals surface area contributed by atoms with E-state index in [0.29, 0.717) is 30.3 Å². The molecule has 4 heteroatoms. The van der Waals surface area contributed by atoms with Crippen LogP contribution in [0.2, 0.25) is 0 Å². The second kappa shape index (κ2) is 11.7. The Morgan fingerprint density at radius 1 is 0.958 bits per heavy atom. The molecule has 0 aliphatic rings. The van der Waals surface area contributed by atoms with E-state index in [1.807, 2.05) is 6.92 Å². The van der Waals surface area contributed by atoms with Crippen molar-refractivity contribution in [2.45, 2.75) is 59.3 Å². The molecule has 0 spiro atoms. The fraction of sp³-hybridized carbons (Fsp3) is 0.600. The molecule has 0 aliphatic heterocycles. The molecule has 0 N–H and O–H groups in total. The Bertz CT molecular complexity index is 510. The first-order valence-electron chi connectivity index (χ1n) is 9.06. The fourth-order valence-corrected chi connectivity index (χ4v) is 2.34. The molecular formula is C20H30O4. The van der Waals surface area contributed by atoms with Crippen molar-refractivity contribution in [1.82, 2.24) is 0 Å². The summed E-state index contributed by atoms with van der Waals surface area (Å²) in [7, 11) is 0. The Balaban J connectivity index is 2.58. The van der Waals surface area contributed by atoms with E-state index >= 15 is 0 Å². The molecule has 1 atom stereocenters. The lowest BCUT2D eigenvalue weighted by Gasteiger charge is -2.14. The van der Waals surface area contributed by atoms with Gasteiger partial charge in [-0.15, -0.1) is 0 Å². The normalized spacial score (nSPS) is 11.8. The standard InChI is InChI=1S/C20H30O4/c1-4-7-10-16(6-3)15-24-20(22)18-12-9-11-17(14-18)19(21)23-13-8-5-2/h9,11-12,14,16H,4-8,10,13,15H2,1-3H3/t16-/m1/s1. The van der Waals surface area contributed by atoms with Crippen molar-refractivity contribution in [3.05, 3.63) is 35.4 Å². The number of rotatable bonds is 11. The molecule has 4 nitrogen and oxygen atoms in total. The Hall–Kier alpha value is -1.84. The number of carbonyl (C=O) groups is 2. The van der Waals surface area contributed by atoms with Crippen molar-refractivity contribution in [2.24, 2.45) is 5.92 Å². The molecule has 1 aromatic rings. The number of unbranched alkanes of at least 4 members (excludes halogenated alkanes) is 2. The largest absolute Gasteiger partial charge is 0.462 e. The van der Waals surface area contributed by atoms with E-state index in [9.17, 15) is 9.59 Å². The van der Waals surface area contributed by atoms with Gasteiger partial charge in [-0.2, -0.15) is 0 Å². The Labute approximate surface area is 145 Å². The van der Waals surface area contributed by atoms with Crippen LogP contribution in [0.5, 0.6) is 0 Å². The van der Waals surface area contributed by atoms with Gasteiger partial charge in [-0.25, -0.2) is 9.59 Å². The molecule has 24 heavy (non-hydrogen) atoms. The molecular weight excluding hydrogens is 304 g/mol. The third-order valence-electron chi connectivity index (χ3n) is 4.06. The fourth-order valence-electron chi connectivity index (χ4n) is 2.34. The molecule has 0 aromatic heterocycles. The number of carbonyl (C=O) groups excluding carboxylic acids is 2. The molecule has 0 amide bonds. The predicted octanol–water partition coefficient (Wildman–Crippen LogP) is 5.02. The highest BCUT2D eigenvalue weighted by Crippen LogP contribution is 2.15. The molecule has 0 fully saturated rings. The molecule has 0 aliphatic carbocycles. The van der Waals surface area contributed by atoms with E-state index in [4.69, 9.17) is 9.47 Å². The topological polar surface area (TPSA) is 52.6 Å². The number of ether oxygens (including phenoxy) is 2. The van der Waals surface area contributed by atoms with Gasteiger partial charge in [0.25, 0.3) is 0 Å². The second-order valence-corrected chi connectivity index (χ2v) is 6.09. The van der Waals surface area contributed by atoms with E-state index in [-0.39, 0.29) is 5.97 Å². The van der Waals surface area contributed by atoms with E-state index in [2.05, 4.69) is 13.8 Å². The van der Waals surface area contributed by atoms with E-state index in [1.54, 1.807) is 24.3 Å². The van der Waals surface area contributed by atoms with E-state index in [0.717, 1.165) is 38.5 Å². The maximum Gasteiger partial charge on any atom is 0.338 e. The summed E-state index contributed by atoms with van der Waals surface area (Å²) >= 11 is 0. The van der Waals surface area contributed by atoms with E-state index in [1.165, 1.54) is 0 Å². The molecule has 0 saturated heterocycles. The van der Waals surface area contributed by atoms with Crippen LogP contribution in [0.25, 0.3) is 0 Å². The molecule has 1 aromatic carbocycles. The molecule has 1 rings (SSSR count). The van der Waals surface area contributed by atoms with Crippen LogP contribution in [-0.4, -0.2) is 25.2 Å². The van der Waals surface area contributed by atoms with Crippen molar-refractivity contribution in [2.75, 3.05) is 13.2 Å². The summed E-state index contributed by atoms with van der Waals surface area (Å²) in [6, 6.07) is 6.55. The monoisotopic (exact) mass is 334 g/mol. The van der Waals surface area contributed by atoms with Gasteiger partial charge in [-0.3, -0.25) is 0 Å². The summed E-state index contributed by atoms with van der Waals surface area (Å²) in [6.45, 7) is 7.14. The highest BCUT2D eigenvalue weighted by molar-refractivity contribution is 5.95.